The van der Waals surface area contributed by atoms with Crippen LogP contribution in [0.3, 0.4) is 0 Å². The number of ether oxygens (including phenoxy) is 1. The van der Waals surface area contributed by atoms with E-state index in [0.717, 1.165) is 0 Å². The summed E-state index contributed by atoms with van der Waals surface area (Å²) < 4.78 is 101. The number of aromatic hydroxyl groups is 1. The molecule has 1 aromatic heterocycles. The Hall–Kier alpha value is -1.81. The standard InChI is InChI=1S/C8H3F8NO2/c9-5(10)3-4(7(11,12)13)2(18)1-17-6(3)19-8(14,15)16/h1,5,18H. The van der Waals surface area contributed by atoms with Crippen LogP contribution in [0.25, 0.3) is 0 Å². The molecule has 0 saturated carbocycles. The average Bonchev–Trinajstić information content (AvgIpc) is 2.15. The van der Waals surface area contributed by atoms with Crippen molar-refractivity contribution in [2.24, 2.45) is 0 Å². The first-order valence-corrected chi connectivity index (χ1v) is 4.26. The largest absolute Gasteiger partial charge is 0.574 e. The number of hydrogen-bond acceptors (Lipinski definition) is 3. The molecule has 3 nitrogen and oxygen atoms in total. The summed E-state index contributed by atoms with van der Waals surface area (Å²) >= 11 is 0. The maximum absolute atomic E-state index is 12.5. The molecule has 0 fully saturated rings. The average molecular weight is 297 g/mol. The second-order valence-electron chi connectivity index (χ2n) is 3.08. The van der Waals surface area contributed by atoms with Crippen LogP contribution in [0.5, 0.6) is 11.6 Å². The van der Waals surface area contributed by atoms with E-state index in [4.69, 9.17) is 5.11 Å². The Balaban J connectivity index is 3.51. The monoisotopic (exact) mass is 297 g/mol. The molecule has 11 heteroatoms. The third-order valence-electron chi connectivity index (χ3n) is 1.77. The van der Waals surface area contributed by atoms with Crippen molar-refractivity contribution in [2.75, 3.05) is 0 Å². The number of alkyl halides is 8. The van der Waals surface area contributed by atoms with Crippen LogP contribution in [0.4, 0.5) is 35.1 Å². The van der Waals surface area contributed by atoms with E-state index in [0.29, 0.717) is 0 Å². The van der Waals surface area contributed by atoms with Gasteiger partial charge in [-0.2, -0.15) is 13.2 Å². The smallest absolute Gasteiger partial charge is 0.506 e. The number of aromatic nitrogens is 1. The van der Waals surface area contributed by atoms with Crippen molar-refractivity contribution < 1.29 is 45.0 Å². The molecule has 0 radical (unpaired) electrons. The Bertz CT molecular complexity index is 467. The molecule has 19 heavy (non-hydrogen) atoms. The number of pyridine rings is 1. The number of nitrogens with zero attached hydrogens (tertiary/aromatic N) is 1. The van der Waals surface area contributed by atoms with E-state index in [1.807, 2.05) is 0 Å². The van der Waals surface area contributed by atoms with Crippen LogP contribution < -0.4 is 4.74 Å². The first-order chi connectivity index (χ1) is 8.43. The van der Waals surface area contributed by atoms with E-state index in [1.165, 1.54) is 0 Å². The molecule has 108 valence electrons. The SMILES string of the molecule is Oc1cnc(OC(F)(F)F)c(C(F)F)c1C(F)(F)F. The van der Waals surface area contributed by atoms with E-state index in [-0.39, 0.29) is 6.20 Å². The Kier molecular flexibility index (Phi) is 3.77. The highest BCUT2D eigenvalue weighted by Crippen LogP contribution is 2.45. The molecule has 0 aliphatic heterocycles. The highest BCUT2D eigenvalue weighted by molar-refractivity contribution is 5.45. The number of rotatable bonds is 2. The minimum atomic E-state index is -5.50. The summed E-state index contributed by atoms with van der Waals surface area (Å²) in [6.07, 6.45) is -15.0. The van der Waals surface area contributed by atoms with Crippen LogP contribution in [-0.4, -0.2) is 16.5 Å². The molecule has 0 aliphatic carbocycles. The summed E-state index contributed by atoms with van der Waals surface area (Å²) in [5, 5.41) is 8.85. The minimum Gasteiger partial charge on any atom is -0.506 e. The van der Waals surface area contributed by atoms with Gasteiger partial charge in [0, 0.05) is 0 Å². The zero-order chi connectivity index (χ0) is 15.0. The van der Waals surface area contributed by atoms with Gasteiger partial charge in [-0.05, 0) is 0 Å². The van der Waals surface area contributed by atoms with E-state index in [1.54, 1.807) is 0 Å². The summed E-state index contributed by atoms with van der Waals surface area (Å²) in [4.78, 5) is 2.59. The van der Waals surface area contributed by atoms with Gasteiger partial charge in [0.2, 0.25) is 5.88 Å². The van der Waals surface area contributed by atoms with Gasteiger partial charge in [0.15, 0.2) is 0 Å². The highest BCUT2D eigenvalue weighted by atomic mass is 19.4. The predicted octanol–water partition coefficient (Wildman–Crippen LogP) is 3.64. The fraction of sp³-hybridized carbons (Fsp3) is 0.375. The lowest BCUT2D eigenvalue weighted by Gasteiger charge is -2.17. The van der Waals surface area contributed by atoms with Crippen molar-refractivity contribution in [1.29, 1.82) is 0 Å². The fourth-order valence-electron chi connectivity index (χ4n) is 1.19. The Morgan fingerprint density at radius 2 is 1.63 bits per heavy atom. The van der Waals surface area contributed by atoms with Crippen molar-refractivity contribution in [1.82, 2.24) is 4.98 Å². The molecule has 0 spiro atoms. The highest BCUT2D eigenvalue weighted by Gasteiger charge is 2.43. The fourth-order valence-corrected chi connectivity index (χ4v) is 1.19. The third-order valence-corrected chi connectivity index (χ3v) is 1.77. The summed E-state index contributed by atoms with van der Waals surface area (Å²) in [6, 6.07) is 0. The van der Waals surface area contributed by atoms with E-state index in [2.05, 4.69) is 9.72 Å². The van der Waals surface area contributed by atoms with Crippen molar-refractivity contribution in [2.45, 2.75) is 19.0 Å². The van der Waals surface area contributed by atoms with Crippen LogP contribution in [0.15, 0.2) is 6.20 Å². The van der Waals surface area contributed by atoms with Crippen LogP contribution in [-0.2, 0) is 6.18 Å². The minimum absolute atomic E-state index is 0.0597. The van der Waals surface area contributed by atoms with Gasteiger partial charge in [-0.25, -0.2) is 13.8 Å². The molecule has 0 saturated heterocycles. The second kappa shape index (κ2) is 4.70. The van der Waals surface area contributed by atoms with E-state index >= 15 is 0 Å². The first-order valence-electron chi connectivity index (χ1n) is 4.26. The lowest BCUT2D eigenvalue weighted by molar-refractivity contribution is -0.277. The molecular weight excluding hydrogens is 294 g/mol. The van der Waals surface area contributed by atoms with Gasteiger partial charge >= 0.3 is 12.5 Å². The van der Waals surface area contributed by atoms with Crippen molar-refractivity contribution in [3.63, 3.8) is 0 Å². The van der Waals surface area contributed by atoms with E-state index < -0.39 is 41.7 Å². The Labute approximate surface area is 99.0 Å². The second-order valence-corrected chi connectivity index (χ2v) is 3.08. The first kappa shape index (κ1) is 15.2. The van der Waals surface area contributed by atoms with Gasteiger partial charge in [-0.15, -0.1) is 13.2 Å². The normalized spacial score (nSPS) is 12.9. The van der Waals surface area contributed by atoms with Crippen LogP contribution >= 0.6 is 0 Å². The van der Waals surface area contributed by atoms with Gasteiger partial charge in [0.25, 0.3) is 6.43 Å². The zero-order valence-corrected chi connectivity index (χ0v) is 8.48. The third kappa shape index (κ3) is 3.58. The predicted molar refractivity (Wildman–Crippen MR) is 42.5 cm³/mol. The molecule has 1 aromatic rings. The van der Waals surface area contributed by atoms with Gasteiger partial charge in [0.05, 0.1) is 11.8 Å². The molecule has 0 unspecified atom stereocenters. The number of halogens is 8. The van der Waals surface area contributed by atoms with Gasteiger partial charge in [-0.1, -0.05) is 0 Å². The topological polar surface area (TPSA) is 42.4 Å². The van der Waals surface area contributed by atoms with Crippen LogP contribution in [0.2, 0.25) is 0 Å². The Morgan fingerprint density at radius 3 is 2.00 bits per heavy atom. The summed E-state index contributed by atoms with van der Waals surface area (Å²) in [6.45, 7) is 0. The summed E-state index contributed by atoms with van der Waals surface area (Å²) in [5.41, 5.74) is -4.50. The lowest BCUT2D eigenvalue weighted by atomic mass is 10.1. The van der Waals surface area contributed by atoms with Crippen molar-refractivity contribution in [3.05, 3.63) is 17.3 Å². The molecular formula is C8H3F8NO2. The molecule has 0 aliphatic rings. The maximum atomic E-state index is 12.5. The Morgan fingerprint density at radius 1 is 1.11 bits per heavy atom. The molecule has 0 amide bonds. The maximum Gasteiger partial charge on any atom is 0.574 e. The van der Waals surface area contributed by atoms with E-state index in [9.17, 15) is 35.1 Å². The van der Waals surface area contributed by atoms with Crippen LogP contribution in [0, 0.1) is 0 Å². The molecule has 0 aromatic carbocycles. The molecule has 1 N–H and O–H groups in total. The van der Waals surface area contributed by atoms with Crippen molar-refractivity contribution in [3.8, 4) is 11.6 Å². The number of hydrogen-bond donors (Lipinski definition) is 1. The molecule has 0 bridgehead atoms. The summed E-state index contributed by atoms with van der Waals surface area (Å²) in [5.74, 6) is -3.69. The summed E-state index contributed by atoms with van der Waals surface area (Å²) in [7, 11) is 0. The zero-order valence-electron chi connectivity index (χ0n) is 8.48. The van der Waals surface area contributed by atoms with Gasteiger partial charge in [0.1, 0.15) is 11.3 Å². The quantitative estimate of drug-likeness (QED) is 0.847. The molecule has 1 heterocycles. The van der Waals surface area contributed by atoms with Gasteiger partial charge < -0.3 is 9.84 Å². The van der Waals surface area contributed by atoms with Crippen LogP contribution in [0.1, 0.15) is 17.6 Å². The molecule has 0 atom stereocenters. The van der Waals surface area contributed by atoms with Crippen molar-refractivity contribution >= 4 is 0 Å². The van der Waals surface area contributed by atoms with Gasteiger partial charge in [-0.3, -0.25) is 0 Å². The molecule has 1 rings (SSSR count). The lowest BCUT2D eigenvalue weighted by Crippen LogP contribution is -2.21.